The summed E-state index contributed by atoms with van der Waals surface area (Å²) in [5, 5.41) is 4.98. The monoisotopic (exact) mass is 353 g/mol. The summed E-state index contributed by atoms with van der Waals surface area (Å²) >= 11 is 12.0. The maximum absolute atomic E-state index is 12.3. The van der Waals surface area contributed by atoms with Gasteiger partial charge < -0.3 is 9.42 Å². The maximum atomic E-state index is 12.3. The molecule has 0 bridgehead atoms. The summed E-state index contributed by atoms with van der Waals surface area (Å²) in [6.07, 6.45) is 0. The van der Waals surface area contributed by atoms with E-state index in [1.807, 2.05) is 0 Å². The first-order valence-corrected chi connectivity index (χ1v) is 8.15. The predicted octanol–water partition coefficient (Wildman–Crippen LogP) is 3.08. The Kier molecular flexibility index (Phi) is 5.02. The minimum atomic E-state index is -0.0709. The highest BCUT2D eigenvalue weighted by atomic mass is 35.5. The third-order valence-corrected chi connectivity index (χ3v) is 4.50. The van der Waals surface area contributed by atoms with Crippen LogP contribution in [0.5, 0.6) is 0 Å². The van der Waals surface area contributed by atoms with Gasteiger partial charge in [0, 0.05) is 42.8 Å². The minimum Gasteiger partial charge on any atom is -0.352 e. The van der Waals surface area contributed by atoms with Gasteiger partial charge in [-0.3, -0.25) is 9.69 Å². The highest BCUT2D eigenvalue weighted by Gasteiger charge is 2.21. The molecule has 1 fully saturated rings. The molecule has 0 saturated carbocycles. The Morgan fingerprint density at radius 1 is 1.22 bits per heavy atom. The molecular formula is C16H17Cl2N3O2. The highest BCUT2D eigenvalue weighted by molar-refractivity contribution is 6.36. The molecule has 0 aliphatic carbocycles. The molecule has 0 N–H and O–H groups in total. The highest BCUT2D eigenvalue weighted by Crippen LogP contribution is 2.30. The number of hydrogen-bond acceptors (Lipinski definition) is 5. The summed E-state index contributed by atoms with van der Waals surface area (Å²) in [5.41, 5.74) is 1.23. The number of hydrogen-bond donors (Lipinski definition) is 0. The van der Waals surface area contributed by atoms with Gasteiger partial charge in [0.1, 0.15) is 5.69 Å². The summed E-state index contributed by atoms with van der Waals surface area (Å²) < 4.78 is 5.20. The van der Waals surface area contributed by atoms with E-state index < -0.39 is 0 Å². The molecular weight excluding hydrogens is 337 g/mol. The van der Waals surface area contributed by atoms with Crippen LogP contribution in [-0.4, -0.2) is 60.5 Å². The zero-order valence-corrected chi connectivity index (χ0v) is 14.3. The first kappa shape index (κ1) is 16.5. The zero-order chi connectivity index (χ0) is 16.4. The average Bonchev–Trinajstić information content (AvgIpc) is 2.99. The van der Waals surface area contributed by atoms with Crippen LogP contribution < -0.4 is 0 Å². The van der Waals surface area contributed by atoms with Crippen LogP contribution in [0.3, 0.4) is 0 Å². The summed E-state index contributed by atoms with van der Waals surface area (Å²) in [6, 6.07) is 6.76. The van der Waals surface area contributed by atoms with E-state index in [2.05, 4.69) is 22.0 Å². The molecule has 0 spiro atoms. The van der Waals surface area contributed by atoms with Crippen LogP contribution in [0.2, 0.25) is 10.0 Å². The van der Waals surface area contributed by atoms with E-state index in [-0.39, 0.29) is 11.5 Å². The van der Waals surface area contributed by atoms with Gasteiger partial charge in [0.25, 0.3) is 0 Å². The molecule has 1 aliphatic heterocycles. The topological polar surface area (TPSA) is 49.6 Å². The molecule has 1 aromatic heterocycles. The second-order valence-corrected chi connectivity index (χ2v) is 6.55. The Hall–Kier alpha value is -1.40. The van der Waals surface area contributed by atoms with E-state index >= 15 is 0 Å². The molecule has 5 nitrogen and oxygen atoms in total. The molecule has 7 heteroatoms. The van der Waals surface area contributed by atoms with Gasteiger partial charge in [0.2, 0.25) is 11.5 Å². The van der Waals surface area contributed by atoms with Crippen molar-refractivity contribution in [3.8, 4) is 11.3 Å². The zero-order valence-electron chi connectivity index (χ0n) is 12.8. The second kappa shape index (κ2) is 7.01. The van der Waals surface area contributed by atoms with Gasteiger partial charge in [-0.1, -0.05) is 28.4 Å². The van der Waals surface area contributed by atoms with Gasteiger partial charge in [0.15, 0.2) is 0 Å². The number of nitrogens with zero attached hydrogens (tertiary/aromatic N) is 3. The number of carbonyl (C=O) groups excluding carboxylic acids is 1. The molecule has 1 aromatic carbocycles. The van der Waals surface area contributed by atoms with Crippen LogP contribution in [0.25, 0.3) is 11.3 Å². The van der Waals surface area contributed by atoms with Crippen molar-refractivity contribution < 1.29 is 9.32 Å². The van der Waals surface area contributed by atoms with Crippen molar-refractivity contribution in [1.29, 1.82) is 0 Å². The van der Waals surface area contributed by atoms with Gasteiger partial charge in [-0.15, -0.1) is 0 Å². The Labute approximate surface area is 144 Å². The lowest BCUT2D eigenvalue weighted by atomic mass is 10.1. The number of Topliss-reactive ketones (excluding diaryl/α,β-unsaturated/α-hetero) is 1. The van der Waals surface area contributed by atoms with E-state index in [0.29, 0.717) is 27.8 Å². The van der Waals surface area contributed by atoms with Crippen molar-refractivity contribution in [3.63, 3.8) is 0 Å². The van der Waals surface area contributed by atoms with Crippen LogP contribution >= 0.6 is 23.2 Å². The fourth-order valence-corrected chi connectivity index (χ4v) is 3.02. The summed E-state index contributed by atoms with van der Waals surface area (Å²) in [4.78, 5) is 16.7. The second-order valence-electron chi connectivity index (χ2n) is 5.70. The van der Waals surface area contributed by atoms with Crippen LogP contribution in [0.1, 0.15) is 10.6 Å². The third kappa shape index (κ3) is 3.93. The third-order valence-electron chi connectivity index (χ3n) is 3.96. The largest absolute Gasteiger partial charge is 0.352 e. The van der Waals surface area contributed by atoms with Crippen LogP contribution in [0.4, 0.5) is 0 Å². The van der Waals surface area contributed by atoms with Gasteiger partial charge in [0.05, 0.1) is 11.6 Å². The first-order valence-electron chi connectivity index (χ1n) is 7.39. The van der Waals surface area contributed by atoms with E-state index in [1.165, 1.54) is 0 Å². The summed E-state index contributed by atoms with van der Waals surface area (Å²) in [6.45, 7) is 4.04. The van der Waals surface area contributed by atoms with Crippen molar-refractivity contribution in [1.82, 2.24) is 15.0 Å². The van der Waals surface area contributed by atoms with Gasteiger partial charge in [-0.2, -0.15) is 0 Å². The van der Waals surface area contributed by atoms with Gasteiger partial charge in [-0.05, 0) is 25.2 Å². The fraction of sp³-hybridized carbons (Fsp3) is 0.375. The number of ketones is 1. The van der Waals surface area contributed by atoms with E-state index in [0.717, 1.165) is 26.2 Å². The van der Waals surface area contributed by atoms with Crippen LogP contribution in [-0.2, 0) is 0 Å². The molecule has 2 aromatic rings. The summed E-state index contributed by atoms with van der Waals surface area (Å²) in [7, 11) is 2.08. The molecule has 0 amide bonds. The summed E-state index contributed by atoms with van der Waals surface area (Å²) in [5.74, 6) is 0.184. The fourth-order valence-electron chi connectivity index (χ4n) is 2.52. The molecule has 0 unspecified atom stereocenters. The van der Waals surface area contributed by atoms with Crippen LogP contribution in [0.15, 0.2) is 28.8 Å². The van der Waals surface area contributed by atoms with Crippen molar-refractivity contribution in [2.24, 2.45) is 0 Å². The van der Waals surface area contributed by atoms with Crippen molar-refractivity contribution >= 4 is 29.0 Å². The molecule has 2 heterocycles. The van der Waals surface area contributed by atoms with E-state index in [1.54, 1.807) is 24.3 Å². The Balaban J connectivity index is 1.70. The predicted molar refractivity (Wildman–Crippen MR) is 90.2 cm³/mol. The lowest BCUT2D eigenvalue weighted by molar-refractivity contribution is 0.0841. The normalized spacial score (nSPS) is 16.7. The lowest BCUT2D eigenvalue weighted by Crippen LogP contribution is -2.46. The maximum Gasteiger partial charge on any atom is 0.214 e. The quantitative estimate of drug-likeness (QED) is 0.790. The Bertz CT molecular complexity index is 709. The number of halogens is 2. The number of benzene rings is 1. The lowest BCUT2D eigenvalue weighted by Gasteiger charge is -2.31. The van der Waals surface area contributed by atoms with Crippen molar-refractivity contribution in [2.45, 2.75) is 0 Å². The van der Waals surface area contributed by atoms with Crippen molar-refractivity contribution in [3.05, 3.63) is 40.1 Å². The standard InChI is InChI=1S/C16H17Cl2N3O2/c1-20-4-6-21(7-5-20)10-15(22)16-9-14(19-23-16)12-3-2-11(17)8-13(12)18/h2-3,8-9H,4-7,10H2,1H3. The number of piperazine rings is 1. The Morgan fingerprint density at radius 2 is 1.96 bits per heavy atom. The van der Waals surface area contributed by atoms with Gasteiger partial charge >= 0.3 is 0 Å². The molecule has 3 rings (SSSR count). The molecule has 122 valence electrons. The minimum absolute atomic E-state index is 0.0709. The SMILES string of the molecule is CN1CCN(CC(=O)c2cc(-c3ccc(Cl)cc3Cl)no2)CC1. The van der Waals surface area contributed by atoms with E-state index in [4.69, 9.17) is 27.7 Å². The number of rotatable bonds is 4. The van der Waals surface area contributed by atoms with Crippen molar-refractivity contribution in [2.75, 3.05) is 39.8 Å². The first-order chi connectivity index (χ1) is 11.0. The molecule has 0 radical (unpaired) electrons. The Morgan fingerprint density at radius 3 is 2.65 bits per heavy atom. The molecule has 1 aliphatic rings. The number of aromatic nitrogens is 1. The molecule has 0 atom stereocenters. The number of carbonyl (C=O) groups is 1. The average molecular weight is 354 g/mol. The number of likely N-dealkylation sites (N-methyl/N-ethyl adjacent to an activating group) is 1. The van der Waals surface area contributed by atoms with E-state index in [9.17, 15) is 4.79 Å². The van der Waals surface area contributed by atoms with Crippen LogP contribution in [0, 0.1) is 0 Å². The molecule has 1 saturated heterocycles. The molecule has 23 heavy (non-hydrogen) atoms. The smallest absolute Gasteiger partial charge is 0.214 e. The van der Waals surface area contributed by atoms with Gasteiger partial charge in [-0.25, -0.2) is 0 Å².